The van der Waals surface area contributed by atoms with Gasteiger partial charge in [-0.2, -0.15) is 0 Å². The molecule has 0 aromatic heterocycles. The van der Waals surface area contributed by atoms with Crippen LogP contribution in [0.25, 0.3) is 6.08 Å². The van der Waals surface area contributed by atoms with E-state index in [1.54, 1.807) is 19.3 Å². The van der Waals surface area contributed by atoms with Crippen LogP contribution < -0.4 is 19.5 Å². The van der Waals surface area contributed by atoms with Crippen molar-refractivity contribution in [1.82, 2.24) is 5.32 Å². The number of amides is 1. The monoisotopic (exact) mass is 387 g/mol. The highest BCUT2D eigenvalue weighted by molar-refractivity contribution is 6.32. The van der Waals surface area contributed by atoms with Gasteiger partial charge in [0.25, 0.3) is 0 Å². The lowest BCUT2D eigenvalue weighted by atomic mass is 10.1. The highest BCUT2D eigenvalue weighted by Gasteiger charge is 2.15. The van der Waals surface area contributed by atoms with Gasteiger partial charge in [-0.25, -0.2) is 0 Å². The second kappa shape index (κ2) is 9.33. The second-order valence-electron chi connectivity index (χ2n) is 6.10. The van der Waals surface area contributed by atoms with E-state index >= 15 is 0 Å². The third-order valence-electron chi connectivity index (χ3n) is 4.15. The molecule has 1 N–H and O–H groups in total. The minimum Gasteiger partial charge on any atom is -0.497 e. The molecule has 0 radical (unpaired) electrons. The van der Waals surface area contributed by atoms with Crippen LogP contribution >= 0.6 is 11.6 Å². The van der Waals surface area contributed by atoms with E-state index in [2.05, 4.69) is 5.32 Å². The van der Waals surface area contributed by atoms with Crippen LogP contribution in [0.15, 0.2) is 42.5 Å². The first kappa shape index (κ1) is 19.1. The molecule has 0 fully saturated rings. The number of rotatable bonds is 7. The molecule has 1 amide bonds. The molecule has 27 heavy (non-hydrogen) atoms. The maximum absolute atomic E-state index is 12.0. The number of carbonyl (C=O) groups excluding carboxylic acids is 1. The zero-order chi connectivity index (χ0) is 19.1. The van der Waals surface area contributed by atoms with Crippen molar-refractivity contribution in [2.75, 3.05) is 26.9 Å². The van der Waals surface area contributed by atoms with Crippen molar-refractivity contribution in [1.29, 1.82) is 0 Å². The molecule has 0 aliphatic carbocycles. The van der Waals surface area contributed by atoms with Crippen LogP contribution in [-0.2, 0) is 11.2 Å². The Bertz CT molecular complexity index is 818. The minimum atomic E-state index is -0.143. The summed E-state index contributed by atoms with van der Waals surface area (Å²) < 4.78 is 16.2. The summed E-state index contributed by atoms with van der Waals surface area (Å²) in [6.45, 7) is 1.59. The second-order valence-corrected chi connectivity index (χ2v) is 6.51. The van der Waals surface area contributed by atoms with E-state index < -0.39 is 0 Å². The molecule has 1 aliphatic heterocycles. The Morgan fingerprint density at radius 1 is 1.22 bits per heavy atom. The molecule has 2 aromatic carbocycles. The maximum atomic E-state index is 12.0. The Kier molecular flexibility index (Phi) is 6.60. The van der Waals surface area contributed by atoms with E-state index in [1.165, 1.54) is 11.6 Å². The van der Waals surface area contributed by atoms with E-state index in [1.807, 2.05) is 30.3 Å². The van der Waals surface area contributed by atoms with Crippen molar-refractivity contribution in [3.63, 3.8) is 0 Å². The van der Waals surface area contributed by atoms with Gasteiger partial charge in [-0.3, -0.25) is 4.79 Å². The molecule has 0 bridgehead atoms. The quantitative estimate of drug-likeness (QED) is 0.578. The number of halogens is 1. The largest absolute Gasteiger partial charge is 0.497 e. The zero-order valence-corrected chi connectivity index (χ0v) is 15.9. The molecule has 0 atom stereocenters. The summed E-state index contributed by atoms with van der Waals surface area (Å²) in [5.74, 6) is 1.86. The van der Waals surface area contributed by atoms with Crippen LogP contribution in [-0.4, -0.2) is 32.8 Å². The molecule has 1 aliphatic rings. The summed E-state index contributed by atoms with van der Waals surface area (Å²) in [7, 11) is 1.65. The molecular weight excluding hydrogens is 366 g/mol. The molecule has 5 nitrogen and oxygen atoms in total. The lowest BCUT2D eigenvalue weighted by Crippen LogP contribution is -2.22. The zero-order valence-electron chi connectivity index (χ0n) is 15.2. The molecule has 1 heterocycles. The SMILES string of the molecule is COc1ccc(CCCNC(=O)C=Cc2cc(Cl)c3c(c2)OCCO3)cc1. The van der Waals surface area contributed by atoms with Gasteiger partial charge in [0, 0.05) is 12.6 Å². The van der Waals surface area contributed by atoms with E-state index in [-0.39, 0.29) is 5.91 Å². The van der Waals surface area contributed by atoms with Crippen LogP contribution in [0.1, 0.15) is 17.5 Å². The van der Waals surface area contributed by atoms with E-state index in [0.29, 0.717) is 36.3 Å². The normalized spacial score (nSPS) is 12.8. The number of methoxy groups -OCH3 is 1. The maximum Gasteiger partial charge on any atom is 0.243 e. The van der Waals surface area contributed by atoms with Crippen molar-refractivity contribution in [3.05, 3.63) is 58.6 Å². The lowest BCUT2D eigenvalue weighted by molar-refractivity contribution is -0.116. The molecule has 142 valence electrons. The Morgan fingerprint density at radius 3 is 2.78 bits per heavy atom. The summed E-state index contributed by atoms with van der Waals surface area (Å²) in [4.78, 5) is 12.0. The predicted molar refractivity (Wildman–Crippen MR) is 106 cm³/mol. The number of benzene rings is 2. The Labute approximate surface area is 163 Å². The van der Waals surface area contributed by atoms with Gasteiger partial charge in [0.1, 0.15) is 19.0 Å². The van der Waals surface area contributed by atoms with E-state index in [4.69, 9.17) is 25.8 Å². The average molecular weight is 388 g/mol. The number of fused-ring (bicyclic) bond motifs is 1. The first-order valence-corrected chi connectivity index (χ1v) is 9.21. The van der Waals surface area contributed by atoms with Gasteiger partial charge < -0.3 is 19.5 Å². The number of ether oxygens (including phenoxy) is 3. The molecule has 2 aromatic rings. The predicted octanol–water partition coefficient (Wildman–Crippen LogP) is 3.88. The smallest absolute Gasteiger partial charge is 0.243 e. The minimum absolute atomic E-state index is 0.143. The molecular formula is C21H22ClNO4. The third kappa shape index (κ3) is 5.41. The average Bonchev–Trinajstić information content (AvgIpc) is 2.70. The van der Waals surface area contributed by atoms with Crippen molar-refractivity contribution in [2.24, 2.45) is 0 Å². The number of hydrogen-bond acceptors (Lipinski definition) is 4. The summed E-state index contributed by atoms with van der Waals surface area (Å²) in [5.41, 5.74) is 2.00. The van der Waals surface area contributed by atoms with Gasteiger partial charge in [0.2, 0.25) is 5.91 Å². The van der Waals surface area contributed by atoms with Gasteiger partial charge in [0.15, 0.2) is 11.5 Å². The molecule has 0 unspecified atom stereocenters. The number of aryl methyl sites for hydroxylation is 1. The van der Waals surface area contributed by atoms with Gasteiger partial charge in [-0.15, -0.1) is 0 Å². The third-order valence-corrected chi connectivity index (χ3v) is 4.43. The molecule has 6 heteroatoms. The Balaban J connectivity index is 1.45. The Hall–Kier alpha value is -2.66. The van der Waals surface area contributed by atoms with Crippen molar-refractivity contribution < 1.29 is 19.0 Å². The topological polar surface area (TPSA) is 56.8 Å². The van der Waals surface area contributed by atoms with Crippen molar-refractivity contribution >= 4 is 23.6 Å². The van der Waals surface area contributed by atoms with Crippen LogP contribution in [0.4, 0.5) is 0 Å². The van der Waals surface area contributed by atoms with Gasteiger partial charge in [-0.05, 0) is 54.3 Å². The lowest BCUT2D eigenvalue weighted by Gasteiger charge is -2.19. The van der Waals surface area contributed by atoms with Gasteiger partial charge in [-0.1, -0.05) is 23.7 Å². The number of hydrogen-bond donors (Lipinski definition) is 1. The highest BCUT2D eigenvalue weighted by atomic mass is 35.5. The van der Waals surface area contributed by atoms with Gasteiger partial charge >= 0.3 is 0 Å². The van der Waals surface area contributed by atoms with E-state index in [0.717, 1.165) is 24.2 Å². The molecule has 0 saturated heterocycles. The van der Waals surface area contributed by atoms with E-state index in [9.17, 15) is 4.79 Å². The molecule has 0 spiro atoms. The fourth-order valence-corrected chi connectivity index (χ4v) is 3.03. The first-order valence-electron chi connectivity index (χ1n) is 8.83. The number of nitrogens with one attached hydrogen (secondary N) is 1. The summed E-state index contributed by atoms with van der Waals surface area (Å²) in [5, 5.41) is 3.36. The summed E-state index contributed by atoms with van der Waals surface area (Å²) in [6.07, 6.45) is 4.96. The van der Waals surface area contributed by atoms with Crippen LogP contribution in [0, 0.1) is 0 Å². The van der Waals surface area contributed by atoms with Crippen LogP contribution in [0.3, 0.4) is 0 Å². The number of carbonyl (C=O) groups is 1. The summed E-state index contributed by atoms with van der Waals surface area (Å²) >= 11 is 6.20. The van der Waals surface area contributed by atoms with Crippen molar-refractivity contribution in [2.45, 2.75) is 12.8 Å². The standard InChI is InChI=1S/C21H22ClNO4/c1-25-17-7-4-15(5-8-17)3-2-10-23-20(24)9-6-16-13-18(22)21-19(14-16)26-11-12-27-21/h4-9,13-14H,2-3,10-12H2,1H3,(H,23,24). The molecule has 0 saturated carbocycles. The first-order chi connectivity index (χ1) is 13.2. The molecule has 3 rings (SSSR count). The van der Waals surface area contributed by atoms with Crippen LogP contribution in [0.5, 0.6) is 17.2 Å². The highest BCUT2D eigenvalue weighted by Crippen LogP contribution is 2.38. The fourth-order valence-electron chi connectivity index (χ4n) is 2.75. The van der Waals surface area contributed by atoms with Crippen LogP contribution in [0.2, 0.25) is 5.02 Å². The van der Waals surface area contributed by atoms with Crippen molar-refractivity contribution in [3.8, 4) is 17.2 Å². The Morgan fingerprint density at radius 2 is 2.00 bits per heavy atom. The fraction of sp³-hybridized carbons (Fsp3) is 0.286. The summed E-state index contributed by atoms with van der Waals surface area (Å²) in [6, 6.07) is 11.5. The van der Waals surface area contributed by atoms with Gasteiger partial charge in [0.05, 0.1) is 12.1 Å².